The highest BCUT2D eigenvalue weighted by molar-refractivity contribution is 5.56. The maximum absolute atomic E-state index is 14.0. The Morgan fingerprint density at radius 3 is 2.06 bits per heavy atom. The Balaban J connectivity index is 3.50. The van der Waals surface area contributed by atoms with E-state index in [9.17, 15) is 9.50 Å². The molecule has 4 heteroatoms. The molecule has 0 aliphatic carbocycles. The van der Waals surface area contributed by atoms with Crippen molar-refractivity contribution in [3.63, 3.8) is 0 Å². The lowest BCUT2D eigenvalue weighted by Gasteiger charge is -2.19. The number of ether oxygens (including phenoxy) is 2. The van der Waals surface area contributed by atoms with Gasteiger partial charge in [-0.15, -0.1) is 0 Å². The van der Waals surface area contributed by atoms with Crippen molar-refractivity contribution in [2.24, 2.45) is 0 Å². The molecule has 0 fully saturated rings. The van der Waals surface area contributed by atoms with Gasteiger partial charge in [-0.1, -0.05) is 0 Å². The highest BCUT2D eigenvalue weighted by atomic mass is 19.1. The molecular weight excluding hydrogens is 223 g/mol. The van der Waals surface area contributed by atoms with Crippen LogP contribution in [0.1, 0.15) is 23.6 Å². The molecule has 0 aromatic heterocycles. The second kappa shape index (κ2) is 5.36. The van der Waals surface area contributed by atoms with Crippen LogP contribution in [0.25, 0.3) is 0 Å². The smallest absolute Gasteiger partial charge is 0.166 e. The van der Waals surface area contributed by atoms with E-state index in [1.165, 1.54) is 14.2 Å². The third-order valence-electron chi connectivity index (χ3n) is 2.84. The van der Waals surface area contributed by atoms with E-state index in [1.54, 1.807) is 20.8 Å². The number of rotatable bonds is 4. The lowest BCUT2D eigenvalue weighted by atomic mass is 9.97. The Kier molecular flexibility index (Phi) is 4.34. The van der Waals surface area contributed by atoms with Crippen LogP contribution < -0.4 is 9.47 Å². The Bertz CT molecular complexity index is 414. The van der Waals surface area contributed by atoms with Crippen LogP contribution in [-0.4, -0.2) is 25.4 Å². The van der Waals surface area contributed by atoms with Gasteiger partial charge in [0, 0.05) is 17.5 Å². The fourth-order valence-electron chi connectivity index (χ4n) is 1.99. The number of methoxy groups -OCH3 is 2. The molecule has 1 unspecified atom stereocenters. The summed E-state index contributed by atoms with van der Waals surface area (Å²) in [6, 6.07) is 0. The van der Waals surface area contributed by atoms with Gasteiger partial charge < -0.3 is 14.6 Å². The maximum atomic E-state index is 14.0. The van der Waals surface area contributed by atoms with Gasteiger partial charge in [0.05, 0.1) is 20.3 Å². The summed E-state index contributed by atoms with van der Waals surface area (Å²) in [7, 11) is 2.99. The molecule has 0 spiro atoms. The first-order valence-corrected chi connectivity index (χ1v) is 5.51. The van der Waals surface area contributed by atoms with Crippen molar-refractivity contribution < 1.29 is 19.0 Å². The van der Waals surface area contributed by atoms with Gasteiger partial charge in [-0.2, -0.15) is 0 Å². The zero-order valence-corrected chi connectivity index (χ0v) is 10.9. The molecule has 1 aromatic rings. The molecule has 0 saturated carbocycles. The minimum Gasteiger partial charge on any atom is -0.493 e. The summed E-state index contributed by atoms with van der Waals surface area (Å²) in [4.78, 5) is 0. The van der Waals surface area contributed by atoms with Gasteiger partial charge in [0.2, 0.25) is 0 Å². The predicted molar refractivity (Wildman–Crippen MR) is 64.4 cm³/mol. The van der Waals surface area contributed by atoms with Crippen LogP contribution in [0.3, 0.4) is 0 Å². The van der Waals surface area contributed by atoms with Crippen molar-refractivity contribution in [2.75, 3.05) is 14.2 Å². The van der Waals surface area contributed by atoms with Crippen molar-refractivity contribution in [1.29, 1.82) is 0 Å². The minimum absolute atomic E-state index is 0.307. The van der Waals surface area contributed by atoms with E-state index in [1.807, 2.05) is 0 Å². The topological polar surface area (TPSA) is 38.7 Å². The molecule has 17 heavy (non-hydrogen) atoms. The molecule has 0 amide bonds. The Hall–Kier alpha value is -1.29. The van der Waals surface area contributed by atoms with E-state index in [0.29, 0.717) is 34.6 Å². The van der Waals surface area contributed by atoms with E-state index in [2.05, 4.69) is 0 Å². The largest absolute Gasteiger partial charge is 0.493 e. The van der Waals surface area contributed by atoms with E-state index >= 15 is 0 Å². The summed E-state index contributed by atoms with van der Waals surface area (Å²) in [5, 5.41) is 9.46. The fraction of sp³-hybridized carbons (Fsp3) is 0.538. The van der Waals surface area contributed by atoms with Crippen LogP contribution in [-0.2, 0) is 6.42 Å². The molecule has 0 heterocycles. The molecule has 96 valence electrons. The Morgan fingerprint density at radius 1 is 1.12 bits per heavy atom. The number of hydrogen-bond acceptors (Lipinski definition) is 3. The van der Waals surface area contributed by atoms with E-state index < -0.39 is 6.10 Å². The van der Waals surface area contributed by atoms with Crippen LogP contribution in [0.5, 0.6) is 11.5 Å². The number of halogens is 1. The molecule has 0 radical (unpaired) electrons. The van der Waals surface area contributed by atoms with Crippen LogP contribution >= 0.6 is 0 Å². The van der Waals surface area contributed by atoms with Crippen molar-refractivity contribution in [3.05, 3.63) is 22.5 Å². The first-order valence-electron chi connectivity index (χ1n) is 5.51. The molecule has 1 atom stereocenters. The molecule has 3 nitrogen and oxygen atoms in total. The van der Waals surface area contributed by atoms with E-state index in [0.717, 1.165) is 0 Å². The van der Waals surface area contributed by atoms with Gasteiger partial charge >= 0.3 is 0 Å². The second-order valence-electron chi connectivity index (χ2n) is 4.16. The van der Waals surface area contributed by atoms with E-state index in [4.69, 9.17) is 9.47 Å². The summed E-state index contributed by atoms with van der Waals surface area (Å²) in [5.74, 6) is 0.592. The third kappa shape index (κ3) is 2.52. The zero-order valence-electron chi connectivity index (χ0n) is 10.9. The lowest BCUT2D eigenvalue weighted by Crippen LogP contribution is -2.10. The minimum atomic E-state index is -0.561. The van der Waals surface area contributed by atoms with Gasteiger partial charge in [0.15, 0.2) is 11.5 Å². The molecule has 1 aromatic carbocycles. The van der Waals surface area contributed by atoms with Crippen LogP contribution in [0.4, 0.5) is 4.39 Å². The fourth-order valence-corrected chi connectivity index (χ4v) is 1.99. The SMILES string of the molecule is COc1c(C)c(F)c(C)c(CC(C)O)c1OC. The molecule has 0 saturated heterocycles. The highest BCUT2D eigenvalue weighted by Crippen LogP contribution is 2.39. The molecule has 0 aliphatic heterocycles. The number of benzene rings is 1. The second-order valence-corrected chi connectivity index (χ2v) is 4.16. The number of aliphatic hydroxyl groups is 1. The van der Waals surface area contributed by atoms with Gasteiger partial charge in [-0.3, -0.25) is 0 Å². The van der Waals surface area contributed by atoms with Crippen LogP contribution in [0.15, 0.2) is 0 Å². The quantitative estimate of drug-likeness (QED) is 0.881. The van der Waals surface area contributed by atoms with Gasteiger partial charge in [-0.05, 0) is 26.3 Å². The standard InChI is InChI=1S/C13H19FO3/c1-7(15)6-10-8(2)11(14)9(3)12(16-4)13(10)17-5/h7,15H,6H2,1-5H3. The van der Waals surface area contributed by atoms with Crippen LogP contribution in [0, 0.1) is 19.7 Å². The summed E-state index contributed by atoms with van der Waals surface area (Å²) < 4.78 is 24.4. The summed E-state index contributed by atoms with van der Waals surface area (Å²) in [6.45, 7) is 4.99. The van der Waals surface area contributed by atoms with Crippen LogP contribution in [0.2, 0.25) is 0 Å². The number of hydrogen-bond donors (Lipinski definition) is 1. The van der Waals surface area contributed by atoms with Crippen molar-refractivity contribution in [3.8, 4) is 11.5 Å². The van der Waals surface area contributed by atoms with Crippen molar-refractivity contribution >= 4 is 0 Å². The van der Waals surface area contributed by atoms with Crippen molar-refractivity contribution in [1.82, 2.24) is 0 Å². The Morgan fingerprint density at radius 2 is 1.65 bits per heavy atom. The van der Waals surface area contributed by atoms with Gasteiger partial charge in [0.1, 0.15) is 5.82 Å². The first-order chi connectivity index (χ1) is 7.93. The first kappa shape index (κ1) is 13.8. The Labute approximate surface area is 101 Å². The van der Waals surface area contributed by atoms with E-state index in [-0.39, 0.29) is 5.82 Å². The lowest BCUT2D eigenvalue weighted by molar-refractivity contribution is 0.193. The van der Waals surface area contributed by atoms with Gasteiger partial charge in [-0.25, -0.2) is 4.39 Å². The molecule has 0 bridgehead atoms. The molecular formula is C13H19FO3. The number of aliphatic hydroxyl groups excluding tert-OH is 1. The maximum Gasteiger partial charge on any atom is 0.166 e. The average Bonchev–Trinajstić information content (AvgIpc) is 2.29. The monoisotopic (exact) mass is 242 g/mol. The summed E-state index contributed by atoms with van der Waals surface area (Å²) in [5.41, 5.74) is 1.58. The zero-order chi connectivity index (χ0) is 13.2. The summed E-state index contributed by atoms with van der Waals surface area (Å²) in [6.07, 6.45) is -0.225. The average molecular weight is 242 g/mol. The summed E-state index contributed by atoms with van der Waals surface area (Å²) >= 11 is 0. The van der Waals surface area contributed by atoms with Crippen molar-refractivity contribution in [2.45, 2.75) is 33.3 Å². The molecule has 1 rings (SSSR count). The predicted octanol–water partition coefficient (Wildman–Crippen LogP) is 2.38. The van der Waals surface area contributed by atoms with Gasteiger partial charge in [0.25, 0.3) is 0 Å². The molecule has 0 aliphatic rings. The third-order valence-corrected chi connectivity index (χ3v) is 2.84. The highest BCUT2D eigenvalue weighted by Gasteiger charge is 2.21. The molecule has 1 N–H and O–H groups in total. The normalized spacial score (nSPS) is 12.4.